The molecule has 136 valence electrons. The molecule has 0 spiro atoms. The highest BCUT2D eigenvalue weighted by Crippen LogP contribution is 2.19. The molecule has 26 heavy (non-hydrogen) atoms. The fourth-order valence-electron chi connectivity index (χ4n) is 2.77. The highest BCUT2D eigenvalue weighted by atomic mass is 32.2. The van der Waals surface area contributed by atoms with Gasteiger partial charge in [0.2, 0.25) is 5.91 Å². The second kappa shape index (κ2) is 8.23. The first-order valence-electron chi connectivity index (χ1n) is 8.58. The number of anilines is 1. The summed E-state index contributed by atoms with van der Waals surface area (Å²) >= 11 is 1.41. The van der Waals surface area contributed by atoms with E-state index < -0.39 is 0 Å². The summed E-state index contributed by atoms with van der Waals surface area (Å²) in [4.78, 5) is 12.2. The lowest BCUT2D eigenvalue weighted by Crippen LogP contribution is -2.15. The molecular formula is C19H23N5OS. The lowest BCUT2D eigenvalue weighted by atomic mass is 10.2. The molecular weight excluding hydrogens is 346 g/mol. The lowest BCUT2D eigenvalue weighted by Gasteiger charge is -2.08. The van der Waals surface area contributed by atoms with Crippen molar-refractivity contribution >= 4 is 23.4 Å². The number of aryl methyl sites for hydroxylation is 2. The Morgan fingerprint density at radius 2 is 2.08 bits per heavy atom. The number of rotatable bonds is 7. The molecule has 1 N–H and O–H groups in total. The van der Waals surface area contributed by atoms with Gasteiger partial charge in [-0.1, -0.05) is 23.9 Å². The van der Waals surface area contributed by atoms with Crippen LogP contribution in [0.2, 0.25) is 0 Å². The smallest absolute Gasteiger partial charge is 0.234 e. The maximum atomic E-state index is 12.2. The van der Waals surface area contributed by atoms with Crippen molar-refractivity contribution in [1.29, 1.82) is 0 Å². The number of thioether (sulfide) groups is 1. The average molecular weight is 369 g/mol. The minimum Gasteiger partial charge on any atom is -0.354 e. The van der Waals surface area contributed by atoms with Crippen LogP contribution in [-0.2, 0) is 24.8 Å². The predicted octanol–water partition coefficient (Wildman–Crippen LogP) is 3.27. The molecule has 1 aromatic carbocycles. The maximum Gasteiger partial charge on any atom is 0.234 e. The number of nitrogens with one attached hydrogen (secondary N) is 1. The summed E-state index contributed by atoms with van der Waals surface area (Å²) in [5, 5.41) is 12.3. The normalized spacial score (nSPS) is 10.9. The highest BCUT2D eigenvalue weighted by molar-refractivity contribution is 7.99. The van der Waals surface area contributed by atoms with Crippen LogP contribution in [-0.4, -0.2) is 31.0 Å². The van der Waals surface area contributed by atoms with Crippen LogP contribution in [0.4, 0.5) is 5.69 Å². The summed E-state index contributed by atoms with van der Waals surface area (Å²) in [6.45, 7) is 4.84. The molecule has 0 aliphatic carbocycles. The second-order valence-electron chi connectivity index (χ2n) is 6.14. The van der Waals surface area contributed by atoms with Gasteiger partial charge in [0, 0.05) is 37.6 Å². The van der Waals surface area contributed by atoms with E-state index in [1.165, 1.54) is 17.5 Å². The fraction of sp³-hybridized carbons (Fsp3) is 0.316. The van der Waals surface area contributed by atoms with E-state index in [0.717, 1.165) is 35.2 Å². The third-order valence-corrected chi connectivity index (χ3v) is 5.10. The highest BCUT2D eigenvalue weighted by Gasteiger charge is 2.14. The Balaban J connectivity index is 1.63. The molecule has 1 amide bonds. The molecule has 0 atom stereocenters. The minimum atomic E-state index is -0.0461. The lowest BCUT2D eigenvalue weighted by molar-refractivity contribution is -0.113. The van der Waals surface area contributed by atoms with Crippen LogP contribution in [0.5, 0.6) is 0 Å². The monoisotopic (exact) mass is 369 g/mol. The maximum absolute atomic E-state index is 12.2. The Bertz CT molecular complexity index is 899. The van der Waals surface area contributed by atoms with Crippen molar-refractivity contribution in [3.05, 3.63) is 59.7 Å². The van der Waals surface area contributed by atoms with E-state index in [2.05, 4.69) is 37.6 Å². The number of nitrogens with zero attached hydrogens (tertiary/aromatic N) is 4. The molecule has 3 aromatic rings. The molecule has 0 aliphatic heterocycles. The van der Waals surface area contributed by atoms with E-state index in [1.807, 2.05) is 50.5 Å². The Morgan fingerprint density at radius 1 is 1.23 bits per heavy atom. The molecule has 0 fully saturated rings. The number of aromatic nitrogens is 4. The molecule has 2 aromatic heterocycles. The summed E-state index contributed by atoms with van der Waals surface area (Å²) in [5.41, 5.74) is 3.12. The van der Waals surface area contributed by atoms with E-state index in [4.69, 9.17) is 0 Å². The van der Waals surface area contributed by atoms with Gasteiger partial charge in [0.15, 0.2) is 5.16 Å². The number of amides is 1. The van der Waals surface area contributed by atoms with Gasteiger partial charge in [0.1, 0.15) is 5.82 Å². The summed E-state index contributed by atoms with van der Waals surface area (Å²) in [6.07, 6.45) is 2.74. The summed E-state index contributed by atoms with van der Waals surface area (Å²) in [6, 6.07) is 11.9. The van der Waals surface area contributed by atoms with Crippen LogP contribution < -0.4 is 5.32 Å². The zero-order valence-electron chi connectivity index (χ0n) is 15.3. The van der Waals surface area contributed by atoms with Crippen molar-refractivity contribution < 1.29 is 4.79 Å². The van der Waals surface area contributed by atoms with E-state index in [-0.39, 0.29) is 5.91 Å². The molecule has 3 rings (SSSR count). The molecule has 6 nitrogen and oxygen atoms in total. The zero-order valence-corrected chi connectivity index (χ0v) is 16.1. The molecule has 0 bridgehead atoms. The van der Waals surface area contributed by atoms with Gasteiger partial charge in [-0.15, -0.1) is 10.2 Å². The summed E-state index contributed by atoms with van der Waals surface area (Å²) in [7, 11) is 2.02. The van der Waals surface area contributed by atoms with Crippen molar-refractivity contribution in [3.8, 4) is 0 Å². The van der Waals surface area contributed by atoms with E-state index in [0.29, 0.717) is 5.75 Å². The molecule has 0 aliphatic rings. The van der Waals surface area contributed by atoms with Crippen LogP contribution in [0.15, 0.2) is 47.8 Å². The van der Waals surface area contributed by atoms with Crippen LogP contribution >= 0.6 is 11.8 Å². The molecule has 0 saturated carbocycles. The third-order valence-electron chi connectivity index (χ3n) is 4.13. The van der Waals surface area contributed by atoms with Gasteiger partial charge in [-0.25, -0.2) is 0 Å². The van der Waals surface area contributed by atoms with Crippen molar-refractivity contribution in [2.45, 2.75) is 32.0 Å². The van der Waals surface area contributed by atoms with E-state index in [1.54, 1.807) is 0 Å². The van der Waals surface area contributed by atoms with Gasteiger partial charge in [-0.3, -0.25) is 4.79 Å². The van der Waals surface area contributed by atoms with E-state index in [9.17, 15) is 4.79 Å². The zero-order chi connectivity index (χ0) is 18.5. The van der Waals surface area contributed by atoms with Crippen molar-refractivity contribution in [2.24, 2.45) is 7.05 Å². The first-order valence-corrected chi connectivity index (χ1v) is 9.57. The number of hydrogen-bond donors (Lipinski definition) is 1. The number of carbonyl (C=O) groups excluding carboxylic acids is 1. The fourth-order valence-corrected chi connectivity index (χ4v) is 3.59. The van der Waals surface area contributed by atoms with Crippen LogP contribution in [0, 0.1) is 6.92 Å². The topological polar surface area (TPSA) is 64.7 Å². The quantitative estimate of drug-likeness (QED) is 0.649. The average Bonchev–Trinajstić information content (AvgIpc) is 3.19. The summed E-state index contributed by atoms with van der Waals surface area (Å²) in [5.74, 6) is 1.17. The van der Waals surface area contributed by atoms with E-state index >= 15 is 0 Å². The number of hydrogen-bond acceptors (Lipinski definition) is 4. The first-order chi connectivity index (χ1) is 12.6. The van der Waals surface area contributed by atoms with Crippen molar-refractivity contribution in [2.75, 3.05) is 11.1 Å². The first kappa shape index (κ1) is 18.3. The van der Waals surface area contributed by atoms with Gasteiger partial charge in [-0.05, 0) is 43.7 Å². The standard InChI is InChI=1S/C19H23N5OS/c1-4-24-17(12-16-9-6-10-23(16)3)21-22-19(24)26-13-18(25)20-15-8-5-7-14(2)11-15/h5-11H,4,12-13H2,1-3H3,(H,20,25). The molecule has 0 radical (unpaired) electrons. The summed E-state index contributed by atoms with van der Waals surface area (Å²) < 4.78 is 4.15. The van der Waals surface area contributed by atoms with Crippen molar-refractivity contribution in [3.63, 3.8) is 0 Å². The molecule has 7 heteroatoms. The predicted molar refractivity (Wildman–Crippen MR) is 104 cm³/mol. The molecule has 0 unspecified atom stereocenters. The SMILES string of the molecule is CCn1c(Cc2cccn2C)nnc1SCC(=O)Nc1cccc(C)c1. The van der Waals surface area contributed by atoms with Crippen LogP contribution in [0.1, 0.15) is 24.0 Å². The Morgan fingerprint density at radius 3 is 2.77 bits per heavy atom. The van der Waals surface area contributed by atoms with Gasteiger partial charge in [-0.2, -0.15) is 0 Å². The Labute approximate surface area is 157 Å². The van der Waals surface area contributed by atoms with Gasteiger partial charge in [0.25, 0.3) is 0 Å². The third kappa shape index (κ3) is 4.35. The number of carbonyl (C=O) groups is 1. The van der Waals surface area contributed by atoms with Gasteiger partial charge in [0.05, 0.1) is 5.75 Å². The van der Waals surface area contributed by atoms with Gasteiger partial charge < -0.3 is 14.5 Å². The molecule has 0 saturated heterocycles. The molecule has 2 heterocycles. The number of benzene rings is 1. The second-order valence-corrected chi connectivity index (χ2v) is 7.08. The minimum absolute atomic E-state index is 0.0461. The largest absolute Gasteiger partial charge is 0.354 e. The Hall–Kier alpha value is -2.54. The van der Waals surface area contributed by atoms with Crippen LogP contribution in [0.25, 0.3) is 0 Å². The van der Waals surface area contributed by atoms with Crippen LogP contribution in [0.3, 0.4) is 0 Å². The Kier molecular flexibility index (Phi) is 5.78. The van der Waals surface area contributed by atoms with Crippen molar-refractivity contribution in [1.82, 2.24) is 19.3 Å². The van der Waals surface area contributed by atoms with Gasteiger partial charge >= 0.3 is 0 Å².